The van der Waals surface area contributed by atoms with Crippen LogP contribution in [0.1, 0.15) is 34.1 Å². The molecular weight excluding hydrogens is 174 g/mol. The van der Waals surface area contributed by atoms with E-state index in [0.717, 1.165) is 6.42 Å². The molecule has 0 saturated heterocycles. The van der Waals surface area contributed by atoms with Gasteiger partial charge in [-0.25, -0.2) is 0 Å². The van der Waals surface area contributed by atoms with E-state index in [9.17, 15) is 0 Å². The first-order chi connectivity index (χ1) is 6.42. The van der Waals surface area contributed by atoms with Gasteiger partial charge in [0.15, 0.2) is 0 Å². The highest BCUT2D eigenvalue weighted by molar-refractivity contribution is 5.23. The summed E-state index contributed by atoms with van der Waals surface area (Å²) >= 11 is 0. The maximum atomic E-state index is 8.84. The van der Waals surface area contributed by atoms with Gasteiger partial charge in [-0.15, -0.1) is 0 Å². The summed E-state index contributed by atoms with van der Waals surface area (Å²) in [5.41, 5.74) is 0.334. The molecule has 0 aromatic carbocycles. The molecule has 0 radical (unpaired) electrons. The second-order valence-corrected chi connectivity index (χ2v) is 4.21. The average Bonchev–Trinajstić information content (AvgIpc) is 2.10. The van der Waals surface area contributed by atoms with E-state index in [4.69, 9.17) is 10.5 Å². The maximum absolute atomic E-state index is 8.84. The highest BCUT2D eigenvalue weighted by Gasteiger charge is 2.12. The number of nitrogens with one attached hydrogen (secondary N) is 1. The van der Waals surface area contributed by atoms with E-state index in [1.165, 1.54) is 0 Å². The van der Waals surface area contributed by atoms with Crippen LogP contribution in [-0.4, -0.2) is 5.54 Å². The first-order valence-corrected chi connectivity index (χ1v) is 4.72. The van der Waals surface area contributed by atoms with Crippen molar-refractivity contribution in [1.82, 2.24) is 5.32 Å². The Morgan fingerprint density at radius 1 is 1.43 bits per heavy atom. The summed E-state index contributed by atoms with van der Waals surface area (Å²) in [7, 11) is 0. The Labute approximate surface area is 86.0 Å². The van der Waals surface area contributed by atoms with Crippen molar-refractivity contribution in [3.8, 4) is 12.1 Å². The van der Waals surface area contributed by atoms with E-state index in [1.54, 1.807) is 6.08 Å². The molecule has 0 fully saturated rings. The Balaban J connectivity index is 4.59. The summed E-state index contributed by atoms with van der Waals surface area (Å²) in [5.74, 6) is -0.181. The molecule has 0 aliphatic heterocycles. The molecule has 0 bridgehead atoms. The van der Waals surface area contributed by atoms with Gasteiger partial charge in [-0.1, -0.05) is 6.92 Å². The number of rotatable bonds is 3. The summed E-state index contributed by atoms with van der Waals surface area (Å²) in [6.07, 6.45) is 2.42. The molecule has 14 heavy (non-hydrogen) atoms. The van der Waals surface area contributed by atoms with Crippen LogP contribution in [0.25, 0.3) is 0 Å². The third-order valence-corrected chi connectivity index (χ3v) is 1.60. The maximum Gasteiger partial charge on any atom is 0.117 e. The molecule has 1 unspecified atom stereocenters. The fraction of sp³-hybridized carbons (Fsp3) is 0.636. The lowest BCUT2D eigenvalue weighted by atomic mass is 10.1. The van der Waals surface area contributed by atoms with E-state index < -0.39 is 0 Å². The molecular formula is C11H17N3. The SMILES string of the molecule is CCC(C#N)/C=C(\C#N)NC(C)(C)C. The van der Waals surface area contributed by atoms with E-state index in [1.807, 2.05) is 27.7 Å². The lowest BCUT2D eigenvalue weighted by Crippen LogP contribution is -2.34. The zero-order valence-electron chi connectivity index (χ0n) is 9.26. The Hall–Kier alpha value is -1.48. The zero-order valence-corrected chi connectivity index (χ0v) is 9.26. The molecule has 0 amide bonds. The van der Waals surface area contributed by atoms with Gasteiger partial charge in [0.25, 0.3) is 0 Å². The number of hydrogen-bond donors (Lipinski definition) is 1. The van der Waals surface area contributed by atoms with E-state index >= 15 is 0 Å². The molecule has 0 aromatic rings. The predicted molar refractivity (Wildman–Crippen MR) is 56.0 cm³/mol. The van der Waals surface area contributed by atoms with Crippen molar-refractivity contribution >= 4 is 0 Å². The first-order valence-electron chi connectivity index (χ1n) is 4.72. The van der Waals surface area contributed by atoms with Crippen molar-refractivity contribution in [2.45, 2.75) is 39.7 Å². The quantitative estimate of drug-likeness (QED) is 0.696. The first kappa shape index (κ1) is 12.5. The van der Waals surface area contributed by atoms with Gasteiger partial charge in [0, 0.05) is 5.54 Å². The van der Waals surface area contributed by atoms with Gasteiger partial charge in [-0.05, 0) is 33.3 Å². The molecule has 3 nitrogen and oxygen atoms in total. The largest absolute Gasteiger partial charge is 0.372 e. The second kappa shape index (κ2) is 5.29. The van der Waals surface area contributed by atoms with Crippen LogP contribution in [-0.2, 0) is 0 Å². The molecule has 0 aliphatic carbocycles. The third-order valence-electron chi connectivity index (χ3n) is 1.60. The Bertz CT molecular complexity index is 283. The van der Waals surface area contributed by atoms with Crippen molar-refractivity contribution in [2.24, 2.45) is 5.92 Å². The van der Waals surface area contributed by atoms with Crippen LogP contribution in [0.5, 0.6) is 0 Å². The normalized spacial score (nSPS) is 14.0. The monoisotopic (exact) mass is 191 g/mol. The molecule has 0 aromatic heterocycles. The van der Waals surface area contributed by atoms with Crippen LogP contribution in [0, 0.1) is 28.6 Å². The van der Waals surface area contributed by atoms with Crippen LogP contribution in [0.2, 0.25) is 0 Å². The minimum atomic E-state index is -0.181. The smallest absolute Gasteiger partial charge is 0.117 e. The van der Waals surface area contributed by atoms with Gasteiger partial charge >= 0.3 is 0 Å². The van der Waals surface area contributed by atoms with Gasteiger partial charge in [0.2, 0.25) is 0 Å². The van der Waals surface area contributed by atoms with Gasteiger partial charge in [-0.3, -0.25) is 0 Å². The van der Waals surface area contributed by atoms with Crippen molar-refractivity contribution in [3.05, 3.63) is 11.8 Å². The molecule has 0 saturated carbocycles. The van der Waals surface area contributed by atoms with Crippen LogP contribution in [0.15, 0.2) is 11.8 Å². The summed E-state index contributed by atoms with van der Waals surface area (Å²) < 4.78 is 0. The zero-order chi connectivity index (χ0) is 11.2. The Kier molecular flexibility index (Phi) is 4.73. The summed E-state index contributed by atoms with van der Waals surface area (Å²) in [5, 5.41) is 20.6. The van der Waals surface area contributed by atoms with Crippen LogP contribution in [0.4, 0.5) is 0 Å². The standard InChI is InChI=1S/C11H17N3/c1-5-9(7-12)6-10(8-13)14-11(2,3)4/h6,9,14H,5H2,1-4H3/b10-6+. The average molecular weight is 191 g/mol. The molecule has 76 valence electrons. The van der Waals surface area contributed by atoms with Crippen LogP contribution in [0.3, 0.4) is 0 Å². The van der Waals surface area contributed by atoms with Crippen molar-refractivity contribution in [3.63, 3.8) is 0 Å². The Morgan fingerprint density at radius 2 is 2.00 bits per heavy atom. The topological polar surface area (TPSA) is 59.6 Å². The van der Waals surface area contributed by atoms with E-state index in [0.29, 0.717) is 5.70 Å². The fourth-order valence-corrected chi connectivity index (χ4v) is 0.958. The number of nitrogens with zero attached hydrogens (tertiary/aromatic N) is 2. The lowest BCUT2D eigenvalue weighted by Gasteiger charge is -2.21. The molecule has 0 rings (SSSR count). The van der Waals surface area contributed by atoms with E-state index in [-0.39, 0.29) is 11.5 Å². The molecule has 0 aliphatic rings. The predicted octanol–water partition coefficient (Wildman–Crippen LogP) is 2.33. The summed E-state index contributed by atoms with van der Waals surface area (Å²) in [4.78, 5) is 0. The lowest BCUT2D eigenvalue weighted by molar-refractivity contribution is 0.478. The Morgan fingerprint density at radius 3 is 2.29 bits per heavy atom. The molecule has 1 N–H and O–H groups in total. The number of hydrogen-bond acceptors (Lipinski definition) is 3. The van der Waals surface area contributed by atoms with Gasteiger partial charge in [0.1, 0.15) is 11.8 Å². The van der Waals surface area contributed by atoms with Crippen LogP contribution < -0.4 is 5.32 Å². The molecule has 1 atom stereocenters. The van der Waals surface area contributed by atoms with E-state index in [2.05, 4.69) is 17.5 Å². The highest BCUT2D eigenvalue weighted by Crippen LogP contribution is 2.08. The number of allylic oxidation sites excluding steroid dienone is 2. The minimum absolute atomic E-state index is 0.144. The second-order valence-electron chi connectivity index (χ2n) is 4.21. The van der Waals surface area contributed by atoms with Crippen molar-refractivity contribution in [1.29, 1.82) is 10.5 Å². The van der Waals surface area contributed by atoms with Gasteiger partial charge < -0.3 is 5.32 Å². The summed E-state index contributed by atoms with van der Waals surface area (Å²) in [6.45, 7) is 7.86. The number of nitriles is 2. The van der Waals surface area contributed by atoms with Gasteiger partial charge in [-0.2, -0.15) is 10.5 Å². The molecule has 0 spiro atoms. The van der Waals surface area contributed by atoms with Gasteiger partial charge in [0.05, 0.1) is 12.0 Å². The fourth-order valence-electron chi connectivity index (χ4n) is 0.958. The minimum Gasteiger partial charge on any atom is -0.372 e. The van der Waals surface area contributed by atoms with Crippen molar-refractivity contribution < 1.29 is 0 Å². The van der Waals surface area contributed by atoms with Crippen molar-refractivity contribution in [2.75, 3.05) is 0 Å². The van der Waals surface area contributed by atoms with Crippen LogP contribution >= 0.6 is 0 Å². The highest BCUT2D eigenvalue weighted by atomic mass is 15.0. The molecule has 0 heterocycles. The summed E-state index contributed by atoms with van der Waals surface area (Å²) in [6, 6.07) is 4.19. The molecule has 3 heteroatoms. The third kappa shape index (κ3) is 5.22.